The van der Waals surface area contributed by atoms with Crippen molar-refractivity contribution < 1.29 is 8.42 Å². The van der Waals surface area contributed by atoms with Gasteiger partial charge in [0.15, 0.2) is 9.84 Å². The van der Waals surface area contributed by atoms with Gasteiger partial charge < -0.3 is 5.32 Å². The highest BCUT2D eigenvalue weighted by atomic mass is 79.9. The molecular weight excluding hydrogens is 314 g/mol. The molecular formula is C13H20BrNO2S. The molecule has 0 aliphatic carbocycles. The lowest BCUT2D eigenvalue weighted by Crippen LogP contribution is -2.17. The minimum absolute atomic E-state index is 0.225. The smallest absolute Gasteiger partial charge is 0.178 e. The van der Waals surface area contributed by atoms with Gasteiger partial charge in [-0.15, -0.1) is 0 Å². The van der Waals surface area contributed by atoms with Crippen molar-refractivity contribution in [3.05, 3.63) is 28.7 Å². The van der Waals surface area contributed by atoms with Crippen LogP contribution in [-0.4, -0.2) is 27.3 Å². The van der Waals surface area contributed by atoms with E-state index in [2.05, 4.69) is 28.2 Å². The molecule has 0 saturated heterocycles. The number of nitrogens with one attached hydrogen (secondary N) is 1. The molecule has 1 aromatic rings. The zero-order valence-electron chi connectivity index (χ0n) is 10.7. The van der Waals surface area contributed by atoms with Crippen molar-refractivity contribution in [1.82, 2.24) is 5.32 Å². The fraction of sp³-hybridized carbons (Fsp3) is 0.538. The molecule has 3 nitrogen and oxygen atoms in total. The Labute approximate surface area is 118 Å². The summed E-state index contributed by atoms with van der Waals surface area (Å²) in [5.41, 5.74) is 0. The molecule has 5 heteroatoms. The first kappa shape index (κ1) is 15.7. The fourth-order valence-corrected chi connectivity index (χ4v) is 3.24. The van der Waals surface area contributed by atoms with Crippen LogP contribution in [0.15, 0.2) is 33.6 Å². The van der Waals surface area contributed by atoms with Gasteiger partial charge in [0.25, 0.3) is 0 Å². The van der Waals surface area contributed by atoms with Gasteiger partial charge in [-0.3, -0.25) is 0 Å². The Balaban J connectivity index is 2.38. The van der Waals surface area contributed by atoms with Gasteiger partial charge >= 0.3 is 0 Å². The van der Waals surface area contributed by atoms with Gasteiger partial charge in [-0.25, -0.2) is 8.42 Å². The summed E-state index contributed by atoms with van der Waals surface area (Å²) in [6.45, 7) is 4.01. The van der Waals surface area contributed by atoms with Crippen molar-refractivity contribution in [3.63, 3.8) is 0 Å². The van der Waals surface area contributed by atoms with E-state index >= 15 is 0 Å². The minimum atomic E-state index is -3.12. The van der Waals surface area contributed by atoms with Crippen molar-refractivity contribution in [3.8, 4) is 0 Å². The van der Waals surface area contributed by atoms with Crippen molar-refractivity contribution in [2.24, 2.45) is 0 Å². The Bertz CT molecular complexity index is 443. The highest BCUT2D eigenvalue weighted by molar-refractivity contribution is 9.10. The average molecular weight is 334 g/mol. The number of unbranched alkanes of at least 4 members (excludes halogenated alkanes) is 1. The molecule has 18 heavy (non-hydrogen) atoms. The Hall–Kier alpha value is -0.390. The number of hydrogen-bond acceptors (Lipinski definition) is 3. The second kappa shape index (κ2) is 7.92. The molecule has 0 unspecified atom stereocenters. The van der Waals surface area contributed by atoms with E-state index in [1.165, 1.54) is 0 Å². The molecule has 0 aromatic heterocycles. The predicted molar refractivity (Wildman–Crippen MR) is 78.6 cm³/mol. The van der Waals surface area contributed by atoms with E-state index in [1.807, 2.05) is 0 Å². The number of sulfone groups is 1. The number of benzene rings is 1. The first-order valence-electron chi connectivity index (χ1n) is 6.25. The van der Waals surface area contributed by atoms with Crippen LogP contribution in [-0.2, 0) is 9.84 Å². The highest BCUT2D eigenvalue weighted by Gasteiger charge is 2.13. The van der Waals surface area contributed by atoms with E-state index in [1.54, 1.807) is 24.3 Å². The van der Waals surface area contributed by atoms with E-state index in [-0.39, 0.29) is 5.75 Å². The number of hydrogen-bond donors (Lipinski definition) is 1. The first-order chi connectivity index (χ1) is 8.56. The average Bonchev–Trinajstić information content (AvgIpc) is 2.34. The zero-order chi connectivity index (χ0) is 13.4. The van der Waals surface area contributed by atoms with E-state index < -0.39 is 9.84 Å². The molecule has 0 spiro atoms. The summed E-state index contributed by atoms with van der Waals surface area (Å²) in [4.78, 5) is 0.409. The second-order valence-corrected chi connectivity index (χ2v) is 7.25. The fourth-order valence-electron chi connectivity index (χ4n) is 1.60. The van der Waals surface area contributed by atoms with Gasteiger partial charge in [0.2, 0.25) is 0 Å². The van der Waals surface area contributed by atoms with Crippen molar-refractivity contribution in [1.29, 1.82) is 0 Å². The third-order valence-corrected chi connectivity index (χ3v) is 4.96. The van der Waals surface area contributed by atoms with Crippen molar-refractivity contribution >= 4 is 25.8 Å². The maximum atomic E-state index is 12.0. The Kier molecular flexibility index (Phi) is 6.89. The third kappa shape index (κ3) is 5.50. The van der Waals surface area contributed by atoms with Crippen LogP contribution in [0.4, 0.5) is 0 Å². The summed E-state index contributed by atoms with van der Waals surface area (Å²) < 4.78 is 24.9. The standard InChI is InChI=1S/C13H20BrNO2S/c1-2-9-15-10-3-4-11-18(16,17)13-7-5-12(14)6-8-13/h5-8,15H,2-4,9-11H2,1H3. The van der Waals surface area contributed by atoms with Crippen molar-refractivity contribution in [2.75, 3.05) is 18.8 Å². The molecule has 0 aliphatic rings. The number of rotatable bonds is 8. The van der Waals surface area contributed by atoms with Gasteiger partial charge in [-0.05, 0) is 56.6 Å². The summed E-state index contributed by atoms with van der Waals surface area (Å²) in [6, 6.07) is 6.81. The molecule has 0 amide bonds. The van der Waals surface area contributed by atoms with Gasteiger partial charge in [0.05, 0.1) is 10.6 Å². The Morgan fingerprint density at radius 1 is 1.11 bits per heavy atom. The Morgan fingerprint density at radius 3 is 2.39 bits per heavy atom. The largest absolute Gasteiger partial charge is 0.317 e. The van der Waals surface area contributed by atoms with Crippen LogP contribution in [0.2, 0.25) is 0 Å². The van der Waals surface area contributed by atoms with E-state index in [0.717, 1.165) is 30.4 Å². The first-order valence-corrected chi connectivity index (χ1v) is 8.70. The Morgan fingerprint density at radius 2 is 1.78 bits per heavy atom. The summed E-state index contributed by atoms with van der Waals surface area (Å²) in [5.74, 6) is 0.225. The van der Waals surface area contributed by atoms with Crippen LogP contribution >= 0.6 is 15.9 Å². The lowest BCUT2D eigenvalue weighted by atomic mass is 10.3. The highest BCUT2D eigenvalue weighted by Crippen LogP contribution is 2.16. The van der Waals surface area contributed by atoms with Crippen LogP contribution in [0, 0.1) is 0 Å². The van der Waals surface area contributed by atoms with Crippen molar-refractivity contribution in [2.45, 2.75) is 31.1 Å². The SMILES string of the molecule is CCCNCCCCS(=O)(=O)c1ccc(Br)cc1. The van der Waals surface area contributed by atoms with Crippen LogP contribution in [0.1, 0.15) is 26.2 Å². The van der Waals surface area contributed by atoms with Crippen LogP contribution < -0.4 is 5.32 Å². The lowest BCUT2D eigenvalue weighted by molar-refractivity contribution is 0.586. The summed E-state index contributed by atoms with van der Waals surface area (Å²) >= 11 is 3.30. The van der Waals surface area contributed by atoms with Gasteiger partial charge in [-0.2, -0.15) is 0 Å². The lowest BCUT2D eigenvalue weighted by Gasteiger charge is -2.05. The van der Waals surface area contributed by atoms with Gasteiger partial charge in [-0.1, -0.05) is 22.9 Å². The zero-order valence-corrected chi connectivity index (χ0v) is 13.1. The molecule has 0 fully saturated rings. The van der Waals surface area contributed by atoms with Crippen LogP contribution in [0.25, 0.3) is 0 Å². The maximum Gasteiger partial charge on any atom is 0.178 e. The summed E-state index contributed by atoms with van der Waals surface area (Å²) in [5, 5.41) is 3.27. The molecule has 102 valence electrons. The molecule has 1 aromatic carbocycles. The number of halogens is 1. The van der Waals surface area contributed by atoms with Gasteiger partial charge in [0, 0.05) is 4.47 Å². The van der Waals surface area contributed by atoms with Crippen LogP contribution in [0.5, 0.6) is 0 Å². The van der Waals surface area contributed by atoms with E-state index in [0.29, 0.717) is 11.3 Å². The quantitative estimate of drug-likeness (QED) is 0.744. The molecule has 0 aliphatic heterocycles. The summed E-state index contributed by atoms with van der Waals surface area (Å²) in [7, 11) is -3.12. The predicted octanol–water partition coefficient (Wildman–Crippen LogP) is 3.00. The molecule has 0 bridgehead atoms. The monoisotopic (exact) mass is 333 g/mol. The summed E-state index contributed by atoms with van der Waals surface area (Å²) in [6.07, 6.45) is 2.71. The van der Waals surface area contributed by atoms with Gasteiger partial charge in [0.1, 0.15) is 0 Å². The molecule has 0 heterocycles. The van der Waals surface area contributed by atoms with E-state index in [4.69, 9.17) is 0 Å². The molecule has 0 atom stereocenters. The topological polar surface area (TPSA) is 46.2 Å². The second-order valence-electron chi connectivity index (χ2n) is 4.23. The van der Waals surface area contributed by atoms with E-state index in [9.17, 15) is 8.42 Å². The third-order valence-electron chi connectivity index (χ3n) is 2.62. The molecule has 1 N–H and O–H groups in total. The van der Waals surface area contributed by atoms with Crippen LogP contribution in [0.3, 0.4) is 0 Å². The normalized spacial score (nSPS) is 11.7. The maximum absolute atomic E-state index is 12.0. The molecule has 1 rings (SSSR count). The minimum Gasteiger partial charge on any atom is -0.317 e. The molecule has 0 saturated carbocycles. The molecule has 0 radical (unpaired) electrons.